The SMILES string of the molecule is COc1ncnc(C2CC2)c1-c1ncc2[nH]cc(Cc3cc(F)c(-c4nc(C(F)(F)F)cn4C)c(F)c3)c2n1. The van der Waals surface area contributed by atoms with Crippen molar-refractivity contribution in [1.82, 2.24) is 34.5 Å². The summed E-state index contributed by atoms with van der Waals surface area (Å²) in [6.45, 7) is 0. The quantitative estimate of drug-likeness (QED) is 0.282. The molecule has 0 saturated heterocycles. The van der Waals surface area contributed by atoms with E-state index in [0.29, 0.717) is 40.1 Å². The third kappa shape index (κ3) is 4.47. The van der Waals surface area contributed by atoms with Crippen molar-refractivity contribution in [3.05, 3.63) is 71.2 Å². The zero-order chi connectivity index (χ0) is 27.5. The number of rotatable bonds is 6. The van der Waals surface area contributed by atoms with Crippen molar-refractivity contribution in [2.24, 2.45) is 7.05 Å². The third-order valence-corrected chi connectivity index (χ3v) is 6.60. The molecule has 200 valence electrons. The van der Waals surface area contributed by atoms with E-state index in [4.69, 9.17) is 9.72 Å². The number of ether oxygens (including phenoxy) is 1. The van der Waals surface area contributed by atoms with Crippen molar-refractivity contribution < 1.29 is 26.7 Å². The largest absolute Gasteiger partial charge is 0.480 e. The average molecular weight is 541 g/mol. The molecule has 4 heterocycles. The summed E-state index contributed by atoms with van der Waals surface area (Å²) < 4.78 is 75.7. The van der Waals surface area contributed by atoms with Gasteiger partial charge in [-0.15, -0.1) is 0 Å². The predicted molar refractivity (Wildman–Crippen MR) is 130 cm³/mol. The highest BCUT2D eigenvalue weighted by atomic mass is 19.4. The van der Waals surface area contributed by atoms with Crippen LogP contribution in [0.15, 0.2) is 37.1 Å². The lowest BCUT2D eigenvalue weighted by atomic mass is 10.0. The number of fused-ring (bicyclic) bond motifs is 1. The maximum Gasteiger partial charge on any atom is 0.434 e. The molecule has 8 nitrogen and oxygen atoms in total. The van der Waals surface area contributed by atoms with Crippen molar-refractivity contribution in [3.63, 3.8) is 0 Å². The highest BCUT2D eigenvalue weighted by Gasteiger charge is 2.35. The Labute approximate surface area is 218 Å². The molecule has 0 bridgehead atoms. The van der Waals surface area contributed by atoms with Gasteiger partial charge in [0.25, 0.3) is 0 Å². The summed E-state index contributed by atoms with van der Waals surface area (Å²) >= 11 is 0. The summed E-state index contributed by atoms with van der Waals surface area (Å²) in [5.74, 6) is -1.52. The molecule has 5 aromatic rings. The summed E-state index contributed by atoms with van der Waals surface area (Å²) in [5, 5.41) is 0. The molecule has 39 heavy (non-hydrogen) atoms. The molecule has 1 aliphatic rings. The highest BCUT2D eigenvalue weighted by Crippen LogP contribution is 2.45. The Bertz CT molecular complexity index is 1700. The van der Waals surface area contributed by atoms with Gasteiger partial charge in [-0.1, -0.05) is 0 Å². The Hall–Kier alpha value is -4.42. The number of alkyl halides is 3. The fourth-order valence-corrected chi connectivity index (χ4v) is 4.63. The Morgan fingerprint density at radius 1 is 1.05 bits per heavy atom. The predicted octanol–water partition coefficient (Wildman–Crippen LogP) is 5.59. The first-order valence-corrected chi connectivity index (χ1v) is 11.9. The van der Waals surface area contributed by atoms with Gasteiger partial charge in [-0.2, -0.15) is 13.2 Å². The lowest BCUT2D eigenvalue weighted by Gasteiger charge is -2.11. The lowest BCUT2D eigenvalue weighted by Crippen LogP contribution is -2.05. The van der Waals surface area contributed by atoms with Crippen LogP contribution in [0.25, 0.3) is 33.8 Å². The van der Waals surface area contributed by atoms with Gasteiger partial charge in [0.2, 0.25) is 5.88 Å². The molecule has 0 amide bonds. The Morgan fingerprint density at radius 3 is 2.44 bits per heavy atom. The number of aromatic amines is 1. The first-order valence-electron chi connectivity index (χ1n) is 11.9. The Balaban J connectivity index is 1.37. The first-order chi connectivity index (χ1) is 18.6. The minimum Gasteiger partial charge on any atom is -0.480 e. The molecular weight excluding hydrogens is 521 g/mol. The normalized spacial score (nSPS) is 13.8. The van der Waals surface area contributed by atoms with Crippen LogP contribution in [0, 0.1) is 11.6 Å². The number of hydrogen-bond donors (Lipinski definition) is 1. The summed E-state index contributed by atoms with van der Waals surface area (Å²) in [6, 6.07) is 2.17. The number of aryl methyl sites for hydroxylation is 1. The summed E-state index contributed by atoms with van der Waals surface area (Å²) in [6.07, 6.45) is 2.74. The van der Waals surface area contributed by atoms with Gasteiger partial charge in [0.15, 0.2) is 11.5 Å². The summed E-state index contributed by atoms with van der Waals surface area (Å²) in [7, 11) is 2.75. The summed E-state index contributed by atoms with van der Waals surface area (Å²) in [5.41, 5.74) is 1.60. The number of benzene rings is 1. The molecule has 0 atom stereocenters. The molecule has 0 radical (unpaired) electrons. The molecule has 1 fully saturated rings. The summed E-state index contributed by atoms with van der Waals surface area (Å²) in [4.78, 5) is 24.3. The van der Waals surface area contributed by atoms with Crippen LogP contribution in [0.5, 0.6) is 5.88 Å². The first kappa shape index (κ1) is 24.9. The molecule has 6 rings (SSSR count). The minimum absolute atomic E-state index is 0.0941. The van der Waals surface area contributed by atoms with Gasteiger partial charge in [0.05, 0.1) is 35.6 Å². The van der Waals surface area contributed by atoms with Crippen LogP contribution in [0.2, 0.25) is 0 Å². The van der Waals surface area contributed by atoms with Crippen LogP contribution in [0.3, 0.4) is 0 Å². The molecule has 4 aromatic heterocycles. The molecule has 1 N–H and O–H groups in total. The molecule has 0 unspecified atom stereocenters. The number of imidazole rings is 1. The van der Waals surface area contributed by atoms with Crippen LogP contribution in [-0.2, 0) is 19.6 Å². The van der Waals surface area contributed by atoms with E-state index in [0.717, 1.165) is 35.2 Å². The number of aromatic nitrogens is 7. The van der Waals surface area contributed by atoms with Crippen molar-refractivity contribution in [2.45, 2.75) is 31.4 Å². The highest BCUT2D eigenvalue weighted by molar-refractivity contribution is 5.81. The lowest BCUT2D eigenvalue weighted by molar-refractivity contribution is -0.140. The fourth-order valence-electron chi connectivity index (χ4n) is 4.63. The van der Waals surface area contributed by atoms with Gasteiger partial charge < -0.3 is 14.3 Å². The van der Waals surface area contributed by atoms with E-state index in [9.17, 15) is 13.2 Å². The molecule has 0 aliphatic heterocycles. The molecule has 1 aliphatic carbocycles. The van der Waals surface area contributed by atoms with Crippen LogP contribution in [-0.4, -0.2) is 41.6 Å². The number of H-pyrrole nitrogens is 1. The van der Waals surface area contributed by atoms with E-state index in [1.165, 1.54) is 20.5 Å². The van der Waals surface area contributed by atoms with Crippen molar-refractivity contribution in [1.29, 1.82) is 0 Å². The van der Waals surface area contributed by atoms with E-state index < -0.39 is 34.9 Å². The Kier molecular flexibility index (Phi) is 5.81. The van der Waals surface area contributed by atoms with Crippen molar-refractivity contribution in [2.75, 3.05) is 7.11 Å². The molecule has 1 aromatic carbocycles. The fraction of sp³-hybridized carbons (Fsp3) is 0.269. The smallest absolute Gasteiger partial charge is 0.434 e. The van der Waals surface area contributed by atoms with Gasteiger partial charge in [-0.05, 0) is 30.5 Å². The van der Waals surface area contributed by atoms with Gasteiger partial charge in [-0.3, -0.25) is 0 Å². The minimum atomic E-state index is -4.74. The van der Waals surface area contributed by atoms with Crippen LogP contribution in [0.4, 0.5) is 22.0 Å². The van der Waals surface area contributed by atoms with Gasteiger partial charge in [0.1, 0.15) is 29.3 Å². The maximum absolute atomic E-state index is 15.1. The number of nitrogens with one attached hydrogen (secondary N) is 1. The molecular formula is C26H20F5N7O. The van der Waals surface area contributed by atoms with Crippen molar-refractivity contribution >= 4 is 11.0 Å². The average Bonchev–Trinajstić information content (AvgIpc) is 3.56. The number of nitrogens with zero attached hydrogens (tertiary/aromatic N) is 6. The molecule has 13 heteroatoms. The molecule has 1 saturated carbocycles. The second-order valence-corrected chi connectivity index (χ2v) is 9.36. The zero-order valence-corrected chi connectivity index (χ0v) is 20.6. The number of methoxy groups -OCH3 is 1. The van der Waals surface area contributed by atoms with Crippen molar-refractivity contribution in [3.8, 4) is 28.7 Å². The topological polar surface area (TPSA) is 94.4 Å². The van der Waals surface area contributed by atoms with E-state index in [2.05, 4.69) is 24.9 Å². The van der Waals surface area contributed by atoms with Crippen LogP contribution in [0.1, 0.15) is 41.3 Å². The van der Waals surface area contributed by atoms with Gasteiger partial charge in [0, 0.05) is 37.3 Å². The van der Waals surface area contributed by atoms with Crippen LogP contribution >= 0.6 is 0 Å². The monoisotopic (exact) mass is 541 g/mol. The van der Waals surface area contributed by atoms with Crippen LogP contribution < -0.4 is 4.74 Å². The molecule has 0 spiro atoms. The Morgan fingerprint density at radius 2 is 1.79 bits per heavy atom. The second kappa shape index (κ2) is 9.10. The van der Waals surface area contributed by atoms with E-state index in [1.54, 1.807) is 12.4 Å². The number of hydrogen-bond acceptors (Lipinski definition) is 6. The van der Waals surface area contributed by atoms with E-state index >= 15 is 8.78 Å². The second-order valence-electron chi connectivity index (χ2n) is 9.36. The standard InChI is InChI=1S/C26H20F5N7O/c1-38-10-18(26(29,30)31)36-24(38)19-15(27)6-12(7-16(19)28)5-14-8-32-17-9-33-23(37-21(14)17)20-22(13-3-4-13)34-11-35-25(20)39-2/h6-11,13,32H,3-5H2,1-2H3. The van der Waals surface area contributed by atoms with E-state index in [-0.39, 0.29) is 17.9 Å². The van der Waals surface area contributed by atoms with Gasteiger partial charge >= 0.3 is 6.18 Å². The number of halogens is 5. The van der Waals surface area contributed by atoms with Gasteiger partial charge in [-0.25, -0.2) is 33.7 Å². The third-order valence-electron chi connectivity index (χ3n) is 6.60. The van der Waals surface area contributed by atoms with E-state index in [1.807, 2.05) is 0 Å². The zero-order valence-electron chi connectivity index (χ0n) is 20.6. The maximum atomic E-state index is 15.1.